The Kier molecular flexibility index (Phi) is 6.67. The van der Waals surface area contributed by atoms with Crippen LogP contribution < -0.4 is 15.4 Å². The van der Waals surface area contributed by atoms with Crippen molar-refractivity contribution in [1.29, 1.82) is 0 Å². The van der Waals surface area contributed by atoms with Crippen LogP contribution in [0.25, 0.3) is 0 Å². The van der Waals surface area contributed by atoms with Crippen molar-refractivity contribution in [2.24, 2.45) is 0 Å². The van der Waals surface area contributed by atoms with E-state index in [2.05, 4.69) is 16.7 Å². The summed E-state index contributed by atoms with van der Waals surface area (Å²) in [5.74, 6) is 1.01. The summed E-state index contributed by atoms with van der Waals surface area (Å²) >= 11 is 0. The first-order valence-corrected chi connectivity index (χ1v) is 11.1. The van der Waals surface area contributed by atoms with Gasteiger partial charge in [-0.15, -0.1) is 0 Å². The van der Waals surface area contributed by atoms with Crippen LogP contribution in [0.4, 0.5) is 5.69 Å². The summed E-state index contributed by atoms with van der Waals surface area (Å²) in [7, 11) is 0. The van der Waals surface area contributed by atoms with Gasteiger partial charge in [-0.1, -0.05) is 30.7 Å². The molecule has 2 aromatic rings. The van der Waals surface area contributed by atoms with Crippen molar-refractivity contribution >= 4 is 17.5 Å². The second-order valence-electron chi connectivity index (χ2n) is 8.37. The molecule has 0 spiro atoms. The van der Waals surface area contributed by atoms with Crippen molar-refractivity contribution < 1.29 is 14.3 Å². The van der Waals surface area contributed by atoms with E-state index in [0.717, 1.165) is 48.2 Å². The van der Waals surface area contributed by atoms with Crippen LogP contribution in [0.3, 0.4) is 0 Å². The first kappa shape index (κ1) is 20.5. The van der Waals surface area contributed by atoms with E-state index in [1.54, 1.807) is 0 Å². The molecule has 1 saturated carbocycles. The van der Waals surface area contributed by atoms with Crippen LogP contribution in [0.2, 0.25) is 0 Å². The molecular weight excluding hydrogens is 376 g/mol. The van der Waals surface area contributed by atoms with E-state index in [0.29, 0.717) is 25.5 Å². The lowest BCUT2D eigenvalue weighted by Crippen LogP contribution is -2.23. The zero-order valence-corrected chi connectivity index (χ0v) is 17.4. The van der Waals surface area contributed by atoms with Gasteiger partial charge in [-0.25, -0.2) is 0 Å². The number of amides is 2. The molecule has 0 aromatic heterocycles. The van der Waals surface area contributed by atoms with Crippen molar-refractivity contribution in [3.8, 4) is 5.75 Å². The largest absolute Gasteiger partial charge is 0.490 e. The summed E-state index contributed by atoms with van der Waals surface area (Å²) in [6.07, 6.45) is 8.99. The van der Waals surface area contributed by atoms with Gasteiger partial charge >= 0.3 is 0 Å². The number of carbonyl (C=O) groups excluding carboxylic acids is 2. The summed E-state index contributed by atoms with van der Waals surface area (Å²) in [4.78, 5) is 23.7. The SMILES string of the molecule is O=C(CCCc1ccc2c(c1)CC(=O)N2)NCc1cccc(OC2CCCCC2)c1. The van der Waals surface area contributed by atoms with Crippen molar-refractivity contribution in [3.05, 3.63) is 59.2 Å². The zero-order chi connectivity index (χ0) is 20.8. The van der Waals surface area contributed by atoms with Gasteiger partial charge in [-0.3, -0.25) is 9.59 Å². The van der Waals surface area contributed by atoms with Crippen LogP contribution in [0.1, 0.15) is 61.6 Å². The number of hydrogen-bond acceptors (Lipinski definition) is 3. The number of carbonyl (C=O) groups is 2. The van der Waals surface area contributed by atoms with E-state index in [9.17, 15) is 9.59 Å². The maximum absolute atomic E-state index is 12.2. The van der Waals surface area contributed by atoms with Gasteiger partial charge in [0, 0.05) is 18.7 Å². The number of ether oxygens (including phenoxy) is 1. The maximum Gasteiger partial charge on any atom is 0.228 e. The molecule has 2 N–H and O–H groups in total. The average molecular weight is 407 g/mol. The van der Waals surface area contributed by atoms with Gasteiger partial charge in [0.1, 0.15) is 5.75 Å². The molecule has 1 aliphatic carbocycles. The van der Waals surface area contributed by atoms with Crippen molar-refractivity contribution in [2.75, 3.05) is 5.32 Å². The number of rotatable bonds is 8. The predicted octanol–water partition coefficient (Wildman–Crippen LogP) is 4.53. The fourth-order valence-corrected chi connectivity index (χ4v) is 4.28. The van der Waals surface area contributed by atoms with E-state index in [1.165, 1.54) is 24.8 Å². The second kappa shape index (κ2) is 9.79. The second-order valence-corrected chi connectivity index (χ2v) is 8.37. The smallest absolute Gasteiger partial charge is 0.228 e. The van der Waals surface area contributed by atoms with Crippen LogP contribution in [0, 0.1) is 0 Å². The molecule has 0 radical (unpaired) electrons. The Bertz CT molecular complexity index is 903. The molecule has 158 valence electrons. The summed E-state index contributed by atoms with van der Waals surface area (Å²) in [6, 6.07) is 14.1. The van der Waals surface area contributed by atoms with Crippen LogP contribution in [-0.2, 0) is 29.0 Å². The number of anilines is 1. The molecular formula is C25H30N2O3. The molecule has 2 aliphatic rings. The van der Waals surface area contributed by atoms with Gasteiger partial charge in [0.2, 0.25) is 11.8 Å². The van der Waals surface area contributed by atoms with Gasteiger partial charge in [0.15, 0.2) is 0 Å². The number of aryl methyl sites for hydroxylation is 1. The summed E-state index contributed by atoms with van der Waals surface area (Å²) in [5, 5.41) is 5.86. The third kappa shape index (κ3) is 5.62. The molecule has 2 amide bonds. The lowest BCUT2D eigenvalue weighted by atomic mass is 9.98. The van der Waals surface area contributed by atoms with Crippen molar-refractivity contribution in [1.82, 2.24) is 5.32 Å². The van der Waals surface area contributed by atoms with E-state index in [4.69, 9.17) is 4.74 Å². The summed E-state index contributed by atoms with van der Waals surface area (Å²) < 4.78 is 6.12. The standard InChI is InChI=1S/C25H30N2O3/c28-24(11-5-6-18-12-13-23-20(14-18)16-25(29)27-23)26-17-19-7-4-10-22(15-19)30-21-8-2-1-3-9-21/h4,7,10,12-15,21H,1-3,5-6,8-9,11,16-17H2,(H,26,28)(H,27,29). The third-order valence-corrected chi connectivity index (χ3v) is 5.91. The Hall–Kier alpha value is -2.82. The molecule has 0 saturated heterocycles. The van der Waals surface area contributed by atoms with Gasteiger partial charge in [0.05, 0.1) is 12.5 Å². The monoisotopic (exact) mass is 406 g/mol. The van der Waals surface area contributed by atoms with Crippen LogP contribution in [0.5, 0.6) is 5.75 Å². The number of fused-ring (bicyclic) bond motifs is 1. The normalized spacial score (nSPS) is 16.1. The minimum atomic E-state index is 0.0507. The molecule has 5 nitrogen and oxygen atoms in total. The van der Waals surface area contributed by atoms with Crippen LogP contribution >= 0.6 is 0 Å². The highest BCUT2D eigenvalue weighted by atomic mass is 16.5. The molecule has 0 unspecified atom stereocenters. The highest BCUT2D eigenvalue weighted by molar-refractivity contribution is 5.99. The lowest BCUT2D eigenvalue weighted by Gasteiger charge is -2.23. The summed E-state index contributed by atoms with van der Waals surface area (Å²) in [6.45, 7) is 0.521. The van der Waals surface area contributed by atoms with Crippen molar-refractivity contribution in [2.45, 2.75) is 70.4 Å². The molecule has 1 heterocycles. The third-order valence-electron chi connectivity index (χ3n) is 5.91. The molecule has 0 atom stereocenters. The van der Waals surface area contributed by atoms with Gasteiger partial charge in [0.25, 0.3) is 0 Å². The molecule has 4 rings (SSSR count). The summed E-state index contributed by atoms with van der Waals surface area (Å²) in [5.41, 5.74) is 4.20. The number of nitrogens with one attached hydrogen (secondary N) is 2. The van der Waals surface area contributed by atoms with Crippen molar-refractivity contribution in [3.63, 3.8) is 0 Å². The Balaban J connectivity index is 1.19. The Morgan fingerprint density at radius 1 is 1.07 bits per heavy atom. The van der Waals surface area contributed by atoms with Crippen LogP contribution in [-0.4, -0.2) is 17.9 Å². The molecule has 1 aliphatic heterocycles. The van der Waals surface area contributed by atoms with Gasteiger partial charge < -0.3 is 15.4 Å². The predicted molar refractivity (Wildman–Crippen MR) is 118 cm³/mol. The Morgan fingerprint density at radius 3 is 2.80 bits per heavy atom. The fraction of sp³-hybridized carbons (Fsp3) is 0.440. The zero-order valence-electron chi connectivity index (χ0n) is 17.4. The quantitative estimate of drug-likeness (QED) is 0.677. The van der Waals surface area contributed by atoms with E-state index < -0.39 is 0 Å². The minimum Gasteiger partial charge on any atom is -0.490 e. The van der Waals surface area contributed by atoms with E-state index in [1.807, 2.05) is 36.4 Å². The van der Waals surface area contributed by atoms with E-state index in [-0.39, 0.29) is 11.8 Å². The first-order chi connectivity index (χ1) is 14.7. The van der Waals surface area contributed by atoms with E-state index >= 15 is 0 Å². The minimum absolute atomic E-state index is 0.0507. The van der Waals surface area contributed by atoms with Crippen LogP contribution in [0.15, 0.2) is 42.5 Å². The van der Waals surface area contributed by atoms with Gasteiger partial charge in [-0.05, 0) is 73.4 Å². The highest BCUT2D eigenvalue weighted by Crippen LogP contribution is 2.25. The molecule has 5 heteroatoms. The Labute approximate surface area is 178 Å². The fourth-order valence-electron chi connectivity index (χ4n) is 4.28. The first-order valence-electron chi connectivity index (χ1n) is 11.1. The lowest BCUT2D eigenvalue weighted by molar-refractivity contribution is -0.121. The number of hydrogen-bond donors (Lipinski definition) is 2. The highest BCUT2D eigenvalue weighted by Gasteiger charge is 2.17. The topological polar surface area (TPSA) is 67.4 Å². The Morgan fingerprint density at radius 2 is 1.93 bits per heavy atom. The molecule has 0 bridgehead atoms. The molecule has 1 fully saturated rings. The maximum atomic E-state index is 12.2. The van der Waals surface area contributed by atoms with Gasteiger partial charge in [-0.2, -0.15) is 0 Å². The number of benzene rings is 2. The molecule has 2 aromatic carbocycles. The average Bonchev–Trinajstić information content (AvgIpc) is 3.13. The molecule has 30 heavy (non-hydrogen) atoms.